The number of hydrogen-bond acceptors (Lipinski definition) is 8. The Hall–Kier alpha value is -2.23. The normalized spacial score (nSPS) is 24.8. The molecule has 0 unspecified atom stereocenters. The van der Waals surface area contributed by atoms with E-state index in [-0.39, 0.29) is 0 Å². The van der Waals surface area contributed by atoms with E-state index in [2.05, 4.69) is 37.8 Å². The number of nitrogens with one attached hydrogen (secondary N) is 2. The van der Waals surface area contributed by atoms with Crippen LogP contribution >= 0.6 is 11.3 Å². The Labute approximate surface area is 211 Å². The molecule has 3 aromatic heterocycles. The summed E-state index contributed by atoms with van der Waals surface area (Å²) in [5.74, 6) is 2.31. The lowest BCUT2D eigenvalue weighted by molar-refractivity contribution is 0.216. The van der Waals surface area contributed by atoms with Gasteiger partial charge in [0.2, 0.25) is 5.95 Å². The lowest BCUT2D eigenvalue weighted by Crippen LogP contribution is -2.39. The third-order valence-electron chi connectivity index (χ3n) is 8.19. The molecule has 3 aliphatic rings. The van der Waals surface area contributed by atoms with Crippen molar-refractivity contribution in [2.24, 2.45) is 11.7 Å². The summed E-state index contributed by atoms with van der Waals surface area (Å²) in [6.45, 7) is 2.04. The molecule has 8 nitrogen and oxygen atoms in total. The Kier molecular flexibility index (Phi) is 6.89. The van der Waals surface area contributed by atoms with Crippen molar-refractivity contribution in [1.29, 1.82) is 0 Å². The first kappa shape index (κ1) is 23.2. The number of piperidine rings is 1. The van der Waals surface area contributed by atoms with Crippen LogP contribution < -0.4 is 16.5 Å². The van der Waals surface area contributed by atoms with Crippen molar-refractivity contribution in [1.82, 2.24) is 24.5 Å². The second-order valence-electron chi connectivity index (χ2n) is 10.7. The number of fused-ring (bicyclic) bond motifs is 1. The van der Waals surface area contributed by atoms with Gasteiger partial charge >= 0.3 is 0 Å². The molecule has 4 N–H and O–H groups in total. The Morgan fingerprint density at radius 3 is 2.54 bits per heavy atom. The Morgan fingerprint density at radius 2 is 1.80 bits per heavy atom. The van der Waals surface area contributed by atoms with Gasteiger partial charge < -0.3 is 21.0 Å². The van der Waals surface area contributed by atoms with Crippen molar-refractivity contribution in [3.05, 3.63) is 28.7 Å². The summed E-state index contributed by atoms with van der Waals surface area (Å²) in [6, 6.07) is 5.64. The molecule has 3 aromatic rings. The second kappa shape index (κ2) is 10.4. The highest BCUT2D eigenvalue weighted by Gasteiger charge is 2.26. The third-order valence-corrected chi connectivity index (χ3v) is 9.09. The number of hydrogen-bond donors (Lipinski definition) is 3. The van der Waals surface area contributed by atoms with E-state index in [1.165, 1.54) is 49.8 Å². The number of aromatic nitrogens is 4. The smallest absolute Gasteiger partial charge is 0.227 e. The van der Waals surface area contributed by atoms with Crippen LogP contribution in [0.5, 0.6) is 0 Å². The number of nitrogens with zero attached hydrogens (tertiary/aromatic N) is 5. The first-order valence-corrected chi connectivity index (χ1v) is 14.4. The molecule has 0 atom stereocenters. The van der Waals surface area contributed by atoms with Crippen LogP contribution in [0.2, 0.25) is 0 Å². The van der Waals surface area contributed by atoms with Crippen LogP contribution in [0.3, 0.4) is 0 Å². The van der Waals surface area contributed by atoms with E-state index in [0.29, 0.717) is 24.1 Å². The number of anilines is 2. The molecule has 0 spiro atoms. The van der Waals surface area contributed by atoms with Crippen LogP contribution in [-0.2, 0) is 6.42 Å². The average Bonchev–Trinajstić information content (AvgIpc) is 3.64. The number of rotatable bonds is 7. The number of hydrazine groups is 1. The van der Waals surface area contributed by atoms with Gasteiger partial charge in [0, 0.05) is 36.1 Å². The summed E-state index contributed by atoms with van der Waals surface area (Å²) in [6.07, 6.45) is 14.8. The number of thiophene rings is 1. The highest BCUT2D eigenvalue weighted by atomic mass is 32.1. The van der Waals surface area contributed by atoms with Gasteiger partial charge in [0.05, 0.1) is 6.33 Å². The fourth-order valence-electron chi connectivity index (χ4n) is 6.07. The average molecular weight is 495 g/mol. The van der Waals surface area contributed by atoms with E-state index in [4.69, 9.17) is 20.7 Å². The molecular weight excluding hydrogens is 456 g/mol. The standard InChI is InChI=1S/C26H38N8S/c27-19-7-9-20(10-8-19)29-26-30-24(23-25(31-26)34(17-28-23)21-4-1-2-5-21)32-33-13-11-18(12-14-33)16-22-6-3-15-35-22/h3,6,15,17-21H,1-2,4-5,7-14,16,27H2,(H2,29,30,31,32)/t19-,20-. The molecule has 1 aliphatic heterocycles. The summed E-state index contributed by atoms with van der Waals surface area (Å²) in [7, 11) is 0. The monoisotopic (exact) mass is 494 g/mol. The molecule has 6 rings (SSSR count). The van der Waals surface area contributed by atoms with Crippen molar-refractivity contribution in [2.45, 2.75) is 88.8 Å². The summed E-state index contributed by atoms with van der Waals surface area (Å²) in [4.78, 5) is 16.2. The first-order valence-electron chi connectivity index (χ1n) is 13.5. The fraction of sp³-hybridized carbons (Fsp3) is 0.654. The van der Waals surface area contributed by atoms with Gasteiger partial charge in [0.1, 0.15) is 0 Å². The molecule has 35 heavy (non-hydrogen) atoms. The minimum atomic E-state index is 0.334. The van der Waals surface area contributed by atoms with Crippen molar-refractivity contribution in [2.75, 3.05) is 23.8 Å². The van der Waals surface area contributed by atoms with Gasteiger partial charge in [0.25, 0.3) is 0 Å². The van der Waals surface area contributed by atoms with E-state index in [1.807, 2.05) is 17.7 Å². The van der Waals surface area contributed by atoms with Crippen molar-refractivity contribution >= 4 is 34.3 Å². The molecule has 0 amide bonds. The van der Waals surface area contributed by atoms with Gasteiger partial charge in [0.15, 0.2) is 17.0 Å². The summed E-state index contributed by atoms with van der Waals surface area (Å²) in [5, 5.41) is 8.14. The van der Waals surface area contributed by atoms with E-state index in [9.17, 15) is 0 Å². The van der Waals surface area contributed by atoms with Gasteiger partial charge in [-0.05, 0) is 75.2 Å². The van der Waals surface area contributed by atoms with Crippen molar-refractivity contribution < 1.29 is 0 Å². The topological polar surface area (TPSA) is 96.9 Å². The SMILES string of the molecule is N[C@H]1CC[C@H](Nc2nc(NN3CCC(Cc4cccs4)CC3)c3ncn(C4CCCC4)c3n2)CC1. The Balaban J connectivity index is 1.20. The Morgan fingerprint density at radius 1 is 1.00 bits per heavy atom. The molecule has 0 radical (unpaired) electrons. The maximum Gasteiger partial charge on any atom is 0.227 e. The van der Waals surface area contributed by atoms with Gasteiger partial charge in [-0.15, -0.1) is 11.3 Å². The molecule has 1 saturated heterocycles. The van der Waals surface area contributed by atoms with Gasteiger partial charge in [-0.2, -0.15) is 9.97 Å². The van der Waals surface area contributed by atoms with Crippen LogP contribution in [0.4, 0.5) is 11.8 Å². The third kappa shape index (κ3) is 5.32. The largest absolute Gasteiger partial charge is 0.351 e. The molecule has 9 heteroatoms. The molecule has 0 bridgehead atoms. The molecule has 3 fully saturated rings. The minimum Gasteiger partial charge on any atom is -0.351 e. The van der Waals surface area contributed by atoms with Gasteiger partial charge in [-0.1, -0.05) is 18.9 Å². The zero-order chi connectivity index (χ0) is 23.6. The molecule has 4 heterocycles. The molecular formula is C26H38N8S. The van der Waals surface area contributed by atoms with Crippen molar-refractivity contribution in [3.8, 4) is 0 Å². The quantitative estimate of drug-likeness (QED) is 0.427. The van der Waals surface area contributed by atoms with E-state index >= 15 is 0 Å². The van der Waals surface area contributed by atoms with Crippen LogP contribution in [0, 0.1) is 5.92 Å². The first-order chi connectivity index (χ1) is 17.2. The highest BCUT2D eigenvalue weighted by molar-refractivity contribution is 7.09. The van der Waals surface area contributed by atoms with Gasteiger partial charge in [-0.3, -0.25) is 0 Å². The second-order valence-corrected chi connectivity index (χ2v) is 11.8. The minimum absolute atomic E-state index is 0.334. The van der Waals surface area contributed by atoms with Crippen LogP contribution in [0.15, 0.2) is 23.8 Å². The zero-order valence-corrected chi connectivity index (χ0v) is 21.3. The predicted octanol–water partition coefficient (Wildman–Crippen LogP) is 4.97. The summed E-state index contributed by atoms with van der Waals surface area (Å²) >= 11 is 1.88. The summed E-state index contributed by atoms with van der Waals surface area (Å²) in [5.41, 5.74) is 11.6. The summed E-state index contributed by atoms with van der Waals surface area (Å²) < 4.78 is 2.30. The predicted molar refractivity (Wildman–Crippen MR) is 143 cm³/mol. The van der Waals surface area contributed by atoms with Crippen molar-refractivity contribution in [3.63, 3.8) is 0 Å². The van der Waals surface area contributed by atoms with E-state index < -0.39 is 0 Å². The van der Waals surface area contributed by atoms with Crippen LogP contribution in [0.25, 0.3) is 11.2 Å². The van der Waals surface area contributed by atoms with Crippen LogP contribution in [0.1, 0.15) is 75.1 Å². The molecule has 0 aromatic carbocycles. The zero-order valence-electron chi connectivity index (χ0n) is 20.5. The lowest BCUT2D eigenvalue weighted by Gasteiger charge is -2.32. The number of nitrogens with two attached hydrogens (primary N) is 1. The highest BCUT2D eigenvalue weighted by Crippen LogP contribution is 2.34. The number of imidazole rings is 1. The van der Waals surface area contributed by atoms with Gasteiger partial charge in [-0.25, -0.2) is 9.99 Å². The van der Waals surface area contributed by atoms with E-state index in [0.717, 1.165) is 61.7 Å². The van der Waals surface area contributed by atoms with Crippen LogP contribution in [-0.4, -0.2) is 49.7 Å². The maximum absolute atomic E-state index is 6.13. The Bertz CT molecular complexity index is 1090. The maximum atomic E-state index is 6.13. The lowest BCUT2D eigenvalue weighted by atomic mass is 9.92. The molecule has 2 aliphatic carbocycles. The fourth-order valence-corrected chi connectivity index (χ4v) is 6.89. The molecule has 2 saturated carbocycles. The molecule has 188 valence electrons. The van der Waals surface area contributed by atoms with E-state index in [1.54, 1.807) is 0 Å².